The third-order valence-electron chi connectivity index (χ3n) is 2.39. The Morgan fingerprint density at radius 3 is 2.75 bits per heavy atom. The van der Waals surface area contributed by atoms with Gasteiger partial charge in [0.05, 0.1) is 5.82 Å². The molecule has 0 aromatic heterocycles. The van der Waals surface area contributed by atoms with Crippen LogP contribution in [0.1, 0.15) is 12.8 Å². The Morgan fingerprint density at radius 1 is 1.33 bits per heavy atom. The van der Waals surface area contributed by atoms with Crippen molar-refractivity contribution in [3.05, 3.63) is 23.7 Å². The lowest BCUT2D eigenvalue weighted by Gasteiger charge is -2.22. The monoisotopic (exact) mass is 165 g/mol. The molecule has 3 nitrogen and oxygen atoms in total. The van der Waals surface area contributed by atoms with Crippen LogP contribution in [0, 0.1) is 0 Å². The first-order valence-corrected chi connectivity index (χ1v) is 4.52. The first-order valence-electron chi connectivity index (χ1n) is 4.52. The van der Waals surface area contributed by atoms with E-state index in [1.807, 2.05) is 6.08 Å². The van der Waals surface area contributed by atoms with Crippen molar-refractivity contribution in [3.8, 4) is 0 Å². The van der Waals surface area contributed by atoms with Gasteiger partial charge in [-0.3, -0.25) is 0 Å². The fourth-order valence-corrected chi connectivity index (χ4v) is 1.74. The average molecular weight is 165 g/mol. The first kappa shape index (κ1) is 7.53. The van der Waals surface area contributed by atoms with Crippen LogP contribution in [-0.2, 0) is 0 Å². The molecule has 0 aromatic rings. The predicted molar refractivity (Wildman–Crippen MR) is 49.2 cm³/mol. The molecular formula is C9H15N3. The number of nitrogens with zero attached hydrogens (tertiary/aromatic N) is 1. The van der Waals surface area contributed by atoms with Gasteiger partial charge in [-0.15, -0.1) is 0 Å². The SMILES string of the molecule is NC1=CC(N2CCCC2)=CCN1. The minimum Gasteiger partial charge on any atom is -0.385 e. The van der Waals surface area contributed by atoms with E-state index in [0.29, 0.717) is 0 Å². The van der Waals surface area contributed by atoms with Crippen molar-refractivity contribution in [2.24, 2.45) is 5.73 Å². The predicted octanol–water partition coefficient (Wildman–Crippen LogP) is 0.369. The van der Waals surface area contributed by atoms with E-state index < -0.39 is 0 Å². The minimum absolute atomic E-state index is 0.791. The number of nitrogens with two attached hydrogens (primary N) is 1. The van der Waals surface area contributed by atoms with Crippen LogP contribution < -0.4 is 11.1 Å². The van der Waals surface area contributed by atoms with Gasteiger partial charge in [-0.05, 0) is 18.9 Å². The van der Waals surface area contributed by atoms with Crippen molar-refractivity contribution in [2.45, 2.75) is 12.8 Å². The number of rotatable bonds is 1. The van der Waals surface area contributed by atoms with Gasteiger partial charge in [0.1, 0.15) is 0 Å². The normalized spacial score (nSPS) is 23.2. The zero-order chi connectivity index (χ0) is 8.39. The molecule has 2 heterocycles. The number of hydrogen-bond donors (Lipinski definition) is 2. The third kappa shape index (κ3) is 1.40. The highest BCUT2D eigenvalue weighted by molar-refractivity contribution is 5.25. The van der Waals surface area contributed by atoms with E-state index in [0.717, 1.165) is 12.4 Å². The zero-order valence-electron chi connectivity index (χ0n) is 7.21. The van der Waals surface area contributed by atoms with Crippen LogP contribution in [-0.4, -0.2) is 24.5 Å². The summed E-state index contributed by atoms with van der Waals surface area (Å²) in [5.74, 6) is 0.791. The molecule has 2 aliphatic rings. The molecular weight excluding hydrogens is 150 g/mol. The van der Waals surface area contributed by atoms with Gasteiger partial charge in [0.2, 0.25) is 0 Å². The summed E-state index contributed by atoms with van der Waals surface area (Å²) in [5.41, 5.74) is 6.97. The summed E-state index contributed by atoms with van der Waals surface area (Å²) in [5, 5.41) is 3.07. The van der Waals surface area contributed by atoms with Crippen LogP contribution in [0.4, 0.5) is 0 Å². The van der Waals surface area contributed by atoms with Crippen molar-refractivity contribution in [1.82, 2.24) is 10.2 Å². The second-order valence-electron chi connectivity index (χ2n) is 3.30. The summed E-state index contributed by atoms with van der Waals surface area (Å²) in [7, 11) is 0. The van der Waals surface area contributed by atoms with Gasteiger partial charge < -0.3 is 16.0 Å². The van der Waals surface area contributed by atoms with Crippen LogP contribution in [0.3, 0.4) is 0 Å². The Labute approximate surface area is 72.9 Å². The van der Waals surface area contributed by atoms with Crippen LogP contribution in [0.15, 0.2) is 23.7 Å². The summed E-state index contributed by atoms with van der Waals surface area (Å²) >= 11 is 0. The molecule has 0 saturated carbocycles. The highest BCUT2D eigenvalue weighted by atomic mass is 15.2. The number of nitrogens with one attached hydrogen (secondary N) is 1. The summed E-state index contributed by atoms with van der Waals surface area (Å²) < 4.78 is 0. The molecule has 0 amide bonds. The summed E-state index contributed by atoms with van der Waals surface area (Å²) in [4.78, 5) is 2.40. The van der Waals surface area contributed by atoms with Gasteiger partial charge in [0, 0.05) is 31.4 Å². The fraction of sp³-hybridized carbons (Fsp3) is 0.556. The summed E-state index contributed by atoms with van der Waals surface area (Å²) in [6.45, 7) is 3.25. The lowest BCUT2D eigenvalue weighted by Crippen LogP contribution is -2.28. The third-order valence-corrected chi connectivity index (χ3v) is 2.39. The van der Waals surface area contributed by atoms with E-state index >= 15 is 0 Å². The fourth-order valence-electron chi connectivity index (χ4n) is 1.74. The highest BCUT2D eigenvalue weighted by Crippen LogP contribution is 2.16. The molecule has 0 spiro atoms. The minimum atomic E-state index is 0.791. The van der Waals surface area contributed by atoms with Crippen molar-refractivity contribution in [2.75, 3.05) is 19.6 Å². The maximum absolute atomic E-state index is 5.68. The van der Waals surface area contributed by atoms with Crippen LogP contribution in [0.5, 0.6) is 0 Å². The Balaban J connectivity index is 2.07. The lowest BCUT2D eigenvalue weighted by atomic mass is 10.3. The smallest absolute Gasteiger partial charge is 0.0983 e. The Bertz CT molecular complexity index is 224. The molecule has 12 heavy (non-hydrogen) atoms. The molecule has 0 unspecified atom stereocenters. The number of likely N-dealkylation sites (tertiary alicyclic amines) is 1. The molecule has 0 radical (unpaired) electrons. The number of allylic oxidation sites excluding steroid dienone is 1. The van der Waals surface area contributed by atoms with E-state index in [1.54, 1.807) is 0 Å². The molecule has 0 bridgehead atoms. The van der Waals surface area contributed by atoms with Crippen molar-refractivity contribution in [1.29, 1.82) is 0 Å². The van der Waals surface area contributed by atoms with Gasteiger partial charge in [-0.1, -0.05) is 0 Å². The van der Waals surface area contributed by atoms with Crippen molar-refractivity contribution < 1.29 is 0 Å². The Kier molecular flexibility index (Phi) is 1.94. The molecule has 2 aliphatic heterocycles. The van der Waals surface area contributed by atoms with Gasteiger partial charge in [0.25, 0.3) is 0 Å². The Hall–Kier alpha value is -1.12. The summed E-state index contributed by atoms with van der Waals surface area (Å²) in [6.07, 6.45) is 6.85. The largest absolute Gasteiger partial charge is 0.385 e. The molecule has 1 fully saturated rings. The molecule has 1 saturated heterocycles. The molecule has 0 aromatic carbocycles. The topological polar surface area (TPSA) is 41.3 Å². The van der Waals surface area contributed by atoms with Gasteiger partial charge in [-0.2, -0.15) is 0 Å². The molecule has 3 heteroatoms. The second kappa shape index (κ2) is 3.09. The van der Waals surface area contributed by atoms with Gasteiger partial charge in [0.15, 0.2) is 0 Å². The van der Waals surface area contributed by atoms with Crippen molar-refractivity contribution in [3.63, 3.8) is 0 Å². The van der Waals surface area contributed by atoms with E-state index in [-0.39, 0.29) is 0 Å². The molecule has 66 valence electrons. The van der Waals surface area contributed by atoms with E-state index in [9.17, 15) is 0 Å². The van der Waals surface area contributed by atoms with Gasteiger partial charge >= 0.3 is 0 Å². The van der Waals surface area contributed by atoms with Gasteiger partial charge in [-0.25, -0.2) is 0 Å². The maximum atomic E-state index is 5.68. The highest BCUT2D eigenvalue weighted by Gasteiger charge is 2.14. The lowest BCUT2D eigenvalue weighted by molar-refractivity contribution is 0.435. The van der Waals surface area contributed by atoms with E-state index in [4.69, 9.17) is 5.73 Å². The molecule has 0 atom stereocenters. The van der Waals surface area contributed by atoms with Crippen molar-refractivity contribution >= 4 is 0 Å². The average Bonchev–Trinajstić information content (AvgIpc) is 2.56. The summed E-state index contributed by atoms with van der Waals surface area (Å²) in [6, 6.07) is 0. The second-order valence-corrected chi connectivity index (χ2v) is 3.30. The maximum Gasteiger partial charge on any atom is 0.0983 e. The standard InChI is InChI=1S/C9H15N3/c10-9-7-8(3-4-11-9)12-5-1-2-6-12/h3,7,11H,1-2,4-6,10H2. The number of dihydropyridines is 1. The van der Waals surface area contributed by atoms with Crippen LogP contribution in [0.2, 0.25) is 0 Å². The quantitative estimate of drug-likeness (QED) is 0.590. The molecule has 3 N–H and O–H groups in total. The number of hydrogen-bond acceptors (Lipinski definition) is 3. The van der Waals surface area contributed by atoms with Crippen LogP contribution in [0.25, 0.3) is 0 Å². The zero-order valence-corrected chi connectivity index (χ0v) is 7.21. The van der Waals surface area contributed by atoms with E-state index in [1.165, 1.54) is 31.6 Å². The first-order chi connectivity index (χ1) is 5.86. The Morgan fingerprint density at radius 2 is 2.08 bits per heavy atom. The molecule has 0 aliphatic carbocycles. The molecule has 2 rings (SSSR count). The van der Waals surface area contributed by atoms with E-state index in [2.05, 4.69) is 16.3 Å². The van der Waals surface area contributed by atoms with Crippen LogP contribution >= 0.6 is 0 Å².